The van der Waals surface area contributed by atoms with Crippen LogP contribution in [0, 0.1) is 0 Å². The zero-order chi connectivity index (χ0) is 19.3. The fraction of sp³-hybridized carbons (Fsp3) is 0.190. The number of nitrogens with one attached hydrogen (secondary N) is 2. The van der Waals surface area contributed by atoms with Crippen LogP contribution >= 0.6 is 0 Å². The number of hydrogen-bond acceptors (Lipinski definition) is 4. The quantitative estimate of drug-likeness (QED) is 0.626. The van der Waals surface area contributed by atoms with E-state index >= 15 is 0 Å². The molecule has 0 spiro atoms. The summed E-state index contributed by atoms with van der Waals surface area (Å²) in [6.45, 7) is 4.75. The summed E-state index contributed by atoms with van der Waals surface area (Å²) in [5.74, 6) is 0.362. The molecule has 0 bridgehead atoms. The average Bonchev–Trinajstić information content (AvgIpc) is 2.68. The van der Waals surface area contributed by atoms with E-state index < -0.39 is 10.0 Å². The van der Waals surface area contributed by atoms with Crippen molar-refractivity contribution in [1.29, 1.82) is 0 Å². The van der Waals surface area contributed by atoms with Gasteiger partial charge in [0.05, 0.1) is 17.1 Å². The van der Waals surface area contributed by atoms with Crippen molar-refractivity contribution < 1.29 is 8.42 Å². The van der Waals surface area contributed by atoms with Crippen molar-refractivity contribution in [1.82, 2.24) is 4.98 Å². The van der Waals surface area contributed by atoms with Crippen LogP contribution in [0.4, 0.5) is 11.4 Å². The lowest BCUT2D eigenvalue weighted by Gasteiger charge is -2.11. The minimum Gasteiger partial charge on any atom is -0.379 e. The lowest BCUT2D eigenvalue weighted by atomic mass is 10.0. The van der Waals surface area contributed by atoms with Gasteiger partial charge in [0, 0.05) is 17.6 Å². The first kappa shape index (κ1) is 18.9. The van der Waals surface area contributed by atoms with Crippen LogP contribution in [0.3, 0.4) is 0 Å². The molecule has 140 valence electrons. The molecule has 0 unspecified atom stereocenters. The van der Waals surface area contributed by atoms with Crippen molar-refractivity contribution in [2.24, 2.45) is 0 Å². The van der Waals surface area contributed by atoms with E-state index in [4.69, 9.17) is 0 Å². The first-order valence-electron chi connectivity index (χ1n) is 8.81. The summed E-state index contributed by atoms with van der Waals surface area (Å²) in [6.07, 6.45) is 1.75. The van der Waals surface area contributed by atoms with Crippen LogP contribution in [-0.4, -0.2) is 13.4 Å². The highest BCUT2D eigenvalue weighted by Crippen LogP contribution is 2.21. The van der Waals surface area contributed by atoms with E-state index in [9.17, 15) is 8.42 Å². The number of benzene rings is 2. The van der Waals surface area contributed by atoms with Gasteiger partial charge in [-0.05, 0) is 60.0 Å². The van der Waals surface area contributed by atoms with Crippen LogP contribution < -0.4 is 10.0 Å². The molecule has 0 saturated heterocycles. The normalized spacial score (nSPS) is 11.4. The monoisotopic (exact) mass is 381 g/mol. The highest BCUT2D eigenvalue weighted by atomic mass is 32.2. The summed E-state index contributed by atoms with van der Waals surface area (Å²) >= 11 is 0. The Morgan fingerprint density at radius 2 is 1.56 bits per heavy atom. The van der Waals surface area contributed by atoms with E-state index in [0.717, 1.165) is 16.9 Å². The molecular weight excluding hydrogens is 358 g/mol. The second-order valence-corrected chi connectivity index (χ2v) is 8.26. The van der Waals surface area contributed by atoms with Gasteiger partial charge in [-0.15, -0.1) is 0 Å². The summed E-state index contributed by atoms with van der Waals surface area (Å²) in [7, 11) is -3.60. The first-order chi connectivity index (χ1) is 12.9. The van der Waals surface area contributed by atoms with Gasteiger partial charge in [-0.2, -0.15) is 0 Å². The molecule has 1 aromatic heterocycles. The van der Waals surface area contributed by atoms with Crippen LogP contribution in [0.15, 0.2) is 77.8 Å². The number of anilines is 2. The van der Waals surface area contributed by atoms with Crippen molar-refractivity contribution >= 4 is 21.4 Å². The molecule has 0 atom stereocenters. The molecule has 0 saturated carbocycles. The second kappa shape index (κ2) is 8.22. The molecular formula is C21H23N3O2S. The molecule has 0 amide bonds. The third kappa shape index (κ3) is 5.08. The minimum absolute atomic E-state index is 0.254. The van der Waals surface area contributed by atoms with Gasteiger partial charge in [0.25, 0.3) is 10.0 Å². The standard InChI is InChI=1S/C21H23N3O2S/c1-16(2)17-6-12-21(13-7-17)27(25,26)24-19-10-8-18(9-11-19)23-15-20-5-3-4-14-22-20/h3-14,16,23-24H,15H2,1-2H3. The van der Waals surface area contributed by atoms with E-state index in [1.54, 1.807) is 30.5 Å². The van der Waals surface area contributed by atoms with Gasteiger partial charge in [0.2, 0.25) is 0 Å². The topological polar surface area (TPSA) is 71.1 Å². The highest BCUT2D eigenvalue weighted by Gasteiger charge is 2.14. The molecule has 0 fully saturated rings. The lowest BCUT2D eigenvalue weighted by Crippen LogP contribution is -2.13. The molecule has 6 heteroatoms. The van der Waals surface area contributed by atoms with Crippen LogP contribution in [-0.2, 0) is 16.6 Å². The van der Waals surface area contributed by atoms with E-state index in [-0.39, 0.29) is 4.90 Å². The molecule has 27 heavy (non-hydrogen) atoms. The molecule has 2 N–H and O–H groups in total. The van der Waals surface area contributed by atoms with Crippen LogP contribution in [0.25, 0.3) is 0 Å². The molecule has 0 aliphatic heterocycles. The number of aromatic nitrogens is 1. The van der Waals surface area contributed by atoms with E-state index in [2.05, 4.69) is 28.9 Å². The van der Waals surface area contributed by atoms with E-state index in [1.807, 2.05) is 42.5 Å². The number of hydrogen-bond donors (Lipinski definition) is 2. The number of rotatable bonds is 7. The molecule has 0 aliphatic rings. The number of sulfonamides is 1. The highest BCUT2D eigenvalue weighted by molar-refractivity contribution is 7.92. The van der Waals surface area contributed by atoms with Crippen LogP contribution in [0.1, 0.15) is 31.0 Å². The van der Waals surface area contributed by atoms with Gasteiger partial charge < -0.3 is 5.32 Å². The molecule has 1 heterocycles. The molecule has 3 aromatic rings. The zero-order valence-corrected chi connectivity index (χ0v) is 16.2. The summed E-state index contributed by atoms with van der Waals surface area (Å²) in [5, 5.41) is 3.26. The lowest BCUT2D eigenvalue weighted by molar-refractivity contribution is 0.601. The van der Waals surface area contributed by atoms with Gasteiger partial charge in [0.15, 0.2) is 0 Å². The number of pyridine rings is 1. The van der Waals surface area contributed by atoms with Crippen molar-refractivity contribution in [3.05, 3.63) is 84.2 Å². The van der Waals surface area contributed by atoms with Gasteiger partial charge in [0.1, 0.15) is 0 Å². The smallest absolute Gasteiger partial charge is 0.261 e. The van der Waals surface area contributed by atoms with Crippen molar-refractivity contribution in [2.45, 2.75) is 31.2 Å². The van der Waals surface area contributed by atoms with Gasteiger partial charge in [-0.1, -0.05) is 32.0 Å². The second-order valence-electron chi connectivity index (χ2n) is 6.58. The van der Waals surface area contributed by atoms with Crippen molar-refractivity contribution in [3.63, 3.8) is 0 Å². The maximum Gasteiger partial charge on any atom is 0.261 e. The molecule has 3 rings (SSSR count). The first-order valence-corrected chi connectivity index (χ1v) is 10.3. The molecule has 5 nitrogen and oxygen atoms in total. The largest absolute Gasteiger partial charge is 0.379 e. The maximum absolute atomic E-state index is 12.5. The zero-order valence-electron chi connectivity index (χ0n) is 15.4. The fourth-order valence-electron chi connectivity index (χ4n) is 2.60. The predicted octanol–water partition coefficient (Wildman–Crippen LogP) is 4.62. The summed E-state index contributed by atoms with van der Waals surface area (Å²) < 4.78 is 27.7. The Balaban J connectivity index is 1.64. The third-order valence-corrected chi connectivity index (χ3v) is 5.59. The summed E-state index contributed by atoms with van der Waals surface area (Å²) in [4.78, 5) is 4.51. The molecule has 0 aliphatic carbocycles. The van der Waals surface area contributed by atoms with Crippen LogP contribution in [0.2, 0.25) is 0 Å². The Labute approximate surface area is 160 Å². The Bertz CT molecular complexity index is 968. The maximum atomic E-state index is 12.5. The fourth-order valence-corrected chi connectivity index (χ4v) is 3.66. The third-order valence-electron chi connectivity index (χ3n) is 4.19. The summed E-state index contributed by atoms with van der Waals surface area (Å²) in [5.41, 5.74) is 3.46. The molecule has 0 radical (unpaired) electrons. The Morgan fingerprint density at radius 3 is 2.15 bits per heavy atom. The predicted molar refractivity (Wildman–Crippen MR) is 109 cm³/mol. The van der Waals surface area contributed by atoms with Crippen LogP contribution in [0.5, 0.6) is 0 Å². The van der Waals surface area contributed by atoms with E-state index in [0.29, 0.717) is 18.2 Å². The van der Waals surface area contributed by atoms with Crippen molar-refractivity contribution in [2.75, 3.05) is 10.0 Å². The minimum atomic E-state index is -3.60. The summed E-state index contributed by atoms with van der Waals surface area (Å²) in [6, 6.07) is 19.9. The van der Waals surface area contributed by atoms with Gasteiger partial charge >= 0.3 is 0 Å². The van der Waals surface area contributed by atoms with E-state index in [1.165, 1.54) is 0 Å². The van der Waals surface area contributed by atoms with Gasteiger partial charge in [-0.3, -0.25) is 9.71 Å². The molecule has 2 aromatic carbocycles. The Kier molecular flexibility index (Phi) is 5.76. The number of nitrogens with zero attached hydrogens (tertiary/aromatic N) is 1. The average molecular weight is 382 g/mol. The van der Waals surface area contributed by atoms with Gasteiger partial charge in [-0.25, -0.2) is 8.42 Å². The van der Waals surface area contributed by atoms with Crippen molar-refractivity contribution in [3.8, 4) is 0 Å². The Morgan fingerprint density at radius 1 is 0.889 bits per heavy atom. The Hall–Kier alpha value is -2.86. The SMILES string of the molecule is CC(C)c1ccc(S(=O)(=O)Nc2ccc(NCc3ccccn3)cc2)cc1.